The summed E-state index contributed by atoms with van der Waals surface area (Å²) in [7, 11) is 0. The number of aromatic nitrogens is 2. The minimum atomic E-state index is 0.299. The fraction of sp³-hybridized carbons (Fsp3) is 0.357. The first-order valence-electron chi connectivity index (χ1n) is 6.08. The zero-order valence-electron chi connectivity index (χ0n) is 9.93. The SMILES string of the molecule is CC1CCn2c(cnc2-c2ccc(O)cc2)C1. The van der Waals surface area contributed by atoms with Crippen LogP contribution >= 0.6 is 0 Å². The molecule has 1 aromatic carbocycles. The number of phenolic OH excluding ortho intramolecular Hbond substituents is 1. The molecule has 2 aromatic rings. The number of benzene rings is 1. The predicted molar refractivity (Wildman–Crippen MR) is 66.8 cm³/mol. The van der Waals surface area contributed by atoms with Crippen molar-refractivity contribution in [3.05, 3.63) is 36.2 Å². The van der Waals surface area contributed by atoms with Gasteiger partial charge in [-0.15, -0.1) is 0 Å². The number of fused-ring (bicyclic) bond motifs is 1. The average Bonchev–Trinajstić information content (AvgIpc) is 2.73. The van der Waals surface area contributed by atoms with E-state index in [1.807, 2.05) is 18.3 Å². The number of nitrogens with zero attached hydrogens (tertiary/aromatic N) is 2. The van der Waals surface area contributed by atoms with E-state index in [0.29, 0.717) is 5.75 Å². The van der Waals surface area contributed by atoms with Crippen LogP contribution in [0.2, 0.25) is 0 Å². The first-order chi connectivity index (χ1) is 8.24. The van der Waals surface area contributed by atoms with Gasteiger partial charge >= 0.3 is 0 Å². The zero-order valence-corrected chi connectivity index (χ0v) is 9.93. The van der Waals surface area contributed by atoms with Crippen LogP contribution in [0.3, 0.4) is 0 Å². The van der Waals surface area contributed by atoms with E-state index in [4.69, 9.17) is 0 Å². The third kappa shape index (κ3) is 1.82. The van der Waals surface area contributed by atoms with Crippen LogP contribution in [0.25, 0.3) is 11.4 Å². The smallest absolute Gasteiger partial charge is 0.140 e. The monoisotopic (exact) mass is 228 g/mol. The molecule has 3 heteroatoms. The second-order valence-electron chi connectivity index (χ2n) is 4.87. The van der Waals surface area contributed by atoms with E-state index in [1.54, 1.807) is 12.1 Å². The Balaban J connectivity index is 2.02. The van der Waals surface area contributed by atoms with Crippen LogP contribution in [-0.4, -0.2) is 14.7 Å². The fourth-order valence-electron chi connectivity index (χ4n) is 2.47. The van der Waals surface area contributed by atoms with Crippen molar-refractivity contribution < 1.29 is 5.11 Å². The molecule has 1 N–H and O–H groups in total. The van der Waals surface area contributed by atoms with E-state index in [0.717, 1.165) is 30.3 Å². The van der Waals surface area contributed by atoms with E-state index in [1.165, 1.54) is 12.1 Å². The van der Waals surface area contributed by atoms with Crippen molar-refractivity contribution in [1.29, 1.82) is 0 Å². The average molecular weight is 228 g/mol. The summed E-state index contributed by atoms with van der Waals surface area (Å²) >= 11 is 0. The third-order valence-corrected chi connectivity index (χ3v) is 3.47. The molecule has 88 valence electrons. The van der Waals surface area contributed by atoms with Gasteiger partial charge in [-0.1, -0.05) is 6.92 Å². The lowest BCUT2D eigenvalue weighted by atomic mass is 9.98. The molecular formula is C14H16N2O. The number of hydrogen-bond donors (Lipinski definition) is 1. The number of aromatic hydroxyl groups is 1. The fourth-order valence-corrected chi connectivity index (χ4v) is 2.47. The van der Waals surface area contributed by atoms with Gasteiger partial charge in [0.2, 0.25) is 0 Å². The highest BCUT2D eigenvalue weighted by molar-refractivity contribution is 5.57. The molecule has 1 aromatic heterocycles. The van der Waals surface area contributed by atoms with Crippen LogP contribution < -0.4 is 0 Å². The minimum Gasteiger partial charge on any atom is -0.508 e. The van der Waals surface area contributed by atoms with Gasteiger partial charge in [-0.05, 0) is 43.0 Å². The summed E-state index contributed by atoms with van der Waals surface area (Å²) in [4.78, 5) is 4.51. The van der Waals surface area contributed by atoms with Crippen molar-refractivity contribution >= 4 is 0 Å². The van der Waals surface area contributed by atoms with Gasteiger partial charge in [-0.3, -0.25) is 0 Å². The summed E-state index contributed by atoms with van der Waals surface area (Å²) < 4.78 is 2.30. The largest absolute Gasteiger partial charge is 0.508 e. The van der Waals surface area contributed by atoms with Crippen LogP contribution in [-0.2, 0) is 13.0 Å². The maximum Gasteiger partial charge on any atom is 0.140 e. The third-order valence-electron chi connectivity index (χ3n) is 3.47. The Kier molecular flexibility index (Phi) is 2.39. The standard InChI is InChI=1S/C14H16N2O/c1-10-6-7-16-12(8-10)9-15-14(16)11-2-4-13(17)5-3-11/h2-5,9-10,17H,6-8H2,1H3. The molecule has 1 aliphatic heterocycles. The van der Waals surface area contributed by atoms with Gasteiger partial charge in [0.15, 0.2) is 0 Å². The Labute approximate surface area is 101 Å². The van der Waals surface area contributed by atoms with Crippen molar-refractivity contribution in [1.82, 2.24) is 9.55 Å². The van der Waals surface area contributed by atoms with Gasteiger partial charge in [-0.2, -0.15) is 0 Å². The molecule has 1 aliphatic rings. The van der Waals surface area contributed by atoms with Gasteiger partial charge in [0.25, 0.3) is 0 Å². The molecule has 3 nitrogen and oxygen atoms in total. The molecule has 0 amide bonds. The highest BCUT2D eigenvalue weighted by Crippen LogP contribution is 2.27. The molecular weight excluding hydrogens is 212 g/mol. The van der Waals surface area contributed by atoms with E-state index in [2.05, 4.69) is 16.5 Å². The van der Waals surface area contributed by atoms with Crippen molar-refractivity contribution in [2.45, 2.75) is 26.3 Å². The molecule has 0 saturated carbocycles. The number of hydrogen-bond acceptors (Lipinski definition) is 2. The summed E-state index contributed by atoms with van der Waals surface area (Å²) in [6.07, 6.45) is 4.32. The molecule has 0 radical (unpaired) electrons. The summed E-state index contributed by atoms with van der Waals surface area (Å²) in [6.45, 7) is 3.34. The number of rotatable bonds is 1. The van der Waals surface area contributed by atoms with Crippen LogP contribution in [0.1, 0.15) is 19.0 Å². The van der Waals surface area contributed by atoms with Crippen LogP contribution in [0.15, 0.2) is 30.5 Å². The lowest BCUT2D eigenvalue weighted by molar-refractivity contribution is 0.419. The Morgan fingerprint density at radius 2 is 2.06 bits per heavy atom. The predicted octanol–water partition coefficient (Wildman–Crippen LogP) is 2.84. The maximum atomic E-state index is 9.30. The molecule has 1 unspecified atom stereocenters. The molecule has 0 aliphatic carbocycles. The zero-order chi connectivity index (χ0) is 11.8. The molecule has 0 fully saturated rings. The summed E-state index contributed by atoms with van der Waals surface area (Å²) in [5.74, 6) is 2.08. The van der Waals surface area contributed by atoms with Gasteiger partial charge in [0, 0.05) is 24.0 Å². The number of phenols is 1. The van der Waals surface area contributed by atoms with E-state index < -0.39 is 0 Å². The normalized spacial score (nSPS) is 19.0. The molecule has 1 atom stereocenters. The quantitative estimate of drug-likeness (QED) is 0.815. The second-order valence-corrected chi connectivity index (χ2v) is 4.87. The van der Waals surface area contributed by atoms with Crippen LogP contribution in [0.4, 0.5) is 0 Å². The first-order valence-corrected chi connectivity index (χ1v) is 6.08. The van der Waals surface area contributed by atoms with Gasteiger partial charge in [0.1, 0.15) is 11.6 Å². The van der Waals surface area contributed by atoms with Gasteiger partial charge in [0.05, 0.1) is 0 Å². The molecule has 0 bridgehead atoms. The lowest BCUT2D eigenvalue weighted by Crippen LogP contribution is -2.17. The van der Waals surface area contributed by atoms with E-state index >= 15 is 0 Å². The molecule has 0 spiro atoms. The first kappa shape index (κ1) is 10.4. The van der Waals surface area contributed by atoms with Crippen molar-refractivity contribution in [3.8, 4) is 17.1 Å². The summed E-state index contributed by atoms with van der Waals surface area (Å²) in [5, 5.41) is 9.30. The topological polar surface area (TPSA) is 38.0 Å². The van der Waals surface area contributed by atoms with Gasteiger partial charge in [-0.25, -0.2) is 4.98 Å². The Morgan fingerprint density at radius 3 is 2.82 bits per heavy atom. The van der Waals surface area contributed by atoms with Crippen molar-refractivity contribution in [3.63, 3.8) is 0 Å². The lowest BCUT2D eigenvalue weighted by Gasteiger charge is -2.21. The maximum absolute atomic E-state index is 9.30. The molecule has 0 saturated heterocycles. The van der Waals surface area contributed by atoms with Crippen LogP contribution in [0, 0.1) is 5.92 Å². The Bertz CT molecular complexity index is 528. The summed E-state index contributed by atoms with van der Waals surface area (Å²) in [5.41, 5.74) is 2.40. The highest BCUT2D eigenvalue weighted by Gasteiger charge is 2.18. The van der Waals surface area contributed by atoms with E-state index in [9.17, 15) is 5.11 Å². The van der Waals surface area contributed by atoms with Crippen molar-refractivity contribution in [2.75, 3.05) is 0 Å². The molecule has 3 rings (SSSR count). The minimum absolute atomic E-state index is 0.299. The highest BCUT2D eigenvalue weighted by atomic mass is 16.3. The van der Waals surface area contributed by atoms with E-state index in [-0.39, 0.29) is 0 Å². The van der Waals surface area contributed by atoms with Crippen LogP contribution in [0.5, 0.6) is 5.75 Å². The molecule has 2 heterocycles. The van der Waals surface area contributed by atoms with Gasteiger partial charge < -0.3 is 9.67 Å². The number of imidazole rings is 1. The Morgan fingerprint density at radius 1 is 1.29 bits per heavy atom. The molecule has 17 heavy (non-hydrogen) atoms. The van der Waals surface area contributed by atoms with Crippen molar-refractivity contribution in [2.24, 2.45) is 5.92 Å². The second kappa shape index (κ2) is 3.91. The Hall–Kier alpha value is -1.77. The summed E-state index contributed by atoms with van der Waals surface area (Å²) in [6, 6.07) is 7.26.